The molecule has 0 aliphatic carbocycles. The van der Waals surface area contributed by atoms with E-state index in [9.17, 15) is 9.59 Å². The highest BCUT2D eigenvalue weighted by Gasteiger charge is 2.14. The Bertz CT molecular complexity index is 476. The first-order valence-corrected chi connectivity index (χ1v) is 5.73. The smallest absolute Gasteiger partial charge is 0.251 e. The SMILES string of the molecule is CCOc1ccc(C(=O)NCC(O)C(N)=O)cc1N. The van der Waals surface area contributed by atoms with Crippen LogP contribution in [0.4, 0.5) is 5.69 Å². The molecule has 19 heavy (non-hydrogen) atoms. The minimum absolute atomic E-state index is 0.249. The zero-order valence-electron chi connectivity index (χ0n) is 10.6. The number of carbonyl (C=O) groups is 2. The maximum atomic E-state index is 11.7. The Morgan fingerprint density at radius 2 is 2.16 bits per heavy atom. The van der Waals surface area contributed by atoms with Gasteiger partial charge >= 0.3 is 0 Å². The first kappa shape index (κ1) is 14.8. The van der Waals surface area contributed by atoms with Crippen molar-refractivity contribution >= 4 is 17.5 Å². The maximum Gasteiger partial charge on any atom is 0.251 e. The van der Waals surface area contributed by atoms with E-state index in [-0.39, 0.29) is 6.54 Å². The van der Waals surface area contributed by atoms with Gasteiger partial charge < -0.3 is 26.6 Å². The van der Waals surface area contributed by atoms with Crippen LogP contribution in [0.25, 0.3) is 0 Å². The highest BCUT2D eigenvalue weighted by molar-refractivity contribution is 5.95. The van der Waals surface area contributed by atoms with Crippen molar-refractivity contribution < 1.29 is 19.4 Å². The zero-order chi connectivity index (χ0) is 14.4. The third-order valence-electron chi connectivity index (χ3n) is 2.36. The van der Waals surface area contributed by atoms with E-state index in [0.29, 0.717) is 23.6 Å². The first-order valence-electron chi connectivity index (χ1n) is 5.73. The second-order valence-corrected chi connectivity index (χ2v) is 3.81. The number of amides is 2. The molecule has 2 amide bonds. The summed E-state index contributed by atoms with van der Waals surface area (Å²) in [5.41, 5.74) is 11.2. The number of hydrogen-bond acceptors (Lipinski definition) is 5. The van der Waals surface area contributed by atoms with Crippen LogP contribution in [0, 0.1) is 0 Å². The van der Waals surface area contributed by atoms with Gasteiger partial charge in [-0.05, 0) is 25.1 Å². The lowest BCUT2D eigenvalue weighted by Gasteiger charge is -2.10. The lowest BCUT2D eigenvalue weighted by Crippen LogP contribution is -2.39. The summed E-state index contributed by atoms with van der Waals surface area (Å²) >= 11 is 0. The summed E-state index contributed by atoms with van der Waals surface area (Å²) in [6.07, 6.45) is -1.41. The first-order chi connectivity index (χ1) is 8.95. The predicted octanol–water partition coefficient (Wildman–Crippen LogP) is -0.756. The van der Waals surface area contributed by atoms with E-state index in [1.54, 1.807) is 6.07 Å². The highest BCUT2D eigenvalue weighted by atomic mass is 16.5. The monoisotopic (exact) mass is 267 g/mol. The molecule has 0 heterocycles. The second kappa shape index (κ2) is 6.60. The standard InChI is InChI=1S/C12H17N3O4/c1-2-19-10-4-3-7(5-8(10)13)12(18)15-6-9(16)11(14)17/h3-5,9,16H,2,6,13H2,1H3,(H2,14,17)(H,15,18). The van der Waals surface area contributed by atoms with E-state index >= 15 is 0 Å². The number of rotatable bonds is 6. The fourth-order valence-electron chi connectivity index (χ4n) is 1.37. The average Bonchev–Trinajstić information content (AvgIpc) is 2.37. The minimum atomic E-state index is -1.41. The van der Waals surface area contributed by atoms with Crippen molar-refractivity contribution in [3.8, 4) is 5.75 Å². The number of aliphatic hydroxyl groups is 1. The molecular weight excluding hydrogens is 250 g/mol. The molecule has 0 fully saturated rings. The quantitative estimate of drug-likeness (QED) is 0.504. The largest absolute Gasteiger partial charge is 0.492 e. The summed E-state index contributed by atoms with van der Waals surface area (Å²) in [6, 6.07) is 4.57. The van der Waals surface area contributed by atoms with Crippen LogP contribution < -0.4 is 21.5 Å². The van der Waals surface area contributed by atoms with Crippen LogP contribution in [0.5, 0.6) is 5.75 Å². The molecule has 7 heteroatoms. The molecule has 0 radical (unpaired) electrons. The third-order valence-corrected chi connectivity index (χ3v) is 2.36. The van der Waals surface area contributed by atoms with Gasteiger partial charge in [0.15, 0.2) is 0 Å². The topological polar surface area (TPSA) is 128 Å². The highest BCUT2D eigenvalue weighted by Crippen LogP contribution is 2.22. The van der Waals surface area contributed by atoms with Crippen molar-refractivity contribution in [2.24, 2.45) is 5.73 Å². The number of anilines is 1. The molecule has 0 aliphatic rings. The normalized spacial score (nSPS) is 11.7. The van der Waals surface area contributed by atoms with Crippen molar-refractivity contribution in [1.82, 2.24) is 5.32 Å². The Balaban J connectivity index is 2.67. The number of nitrogens with two attached hydrogens (primary N) is 2. The van der Waals surface area contributed by atoms with E-state index in [0.717, 1.165) is 0 Å². The van der Waals surface area contributed by atoms with Gasteiger partial charge in [-0.1, -0.05) is 0 Å². The molecule has 6 N–H and O–H groups in total. The lowest BCUT2D eigenvalue weighted by molar-refractivity contribution is -0.125. The molecule has 0 bridgehead atoms. The van der Waals surface area contributed by atoms with Crippen molar-refractivity contribution in [3.63, 3.8) is 0 Å². The van der Waals surface area contributed by atoms with Crippen molar-refractivity contribution in [2.75, 3.05) is 18.9 Å². The third kappa shape index (κ3) is 4.14. The summed E-state index contributed by atoms with van der Waals surface area (Å²) in [4.78, 5) is 22.3. The Labute approximate surface area is 110 Å². The maximum absolute atomic E-state index is 11.7. The fraction of sp³-hybridized carbons (Fsp3) is 0.333. The molecule has 0 aromatic heterocycles. The van der Waals surface area contributed by atoms with E-state index < -0.39 is 17.9 Å². The number of carbonyl (C=O) groups excluding carboxylic acids is 2. The number of aliphatic hydroxyl groups excluding tert-OH is 1. The predicted molar refractivity (Wildman–Crippen MR) is 69.6 cm³/mol. The van der Waals surface area contributed by atoms with Crippen molar-refractivity contribution in [2.45, 2.75) is 13.0 Å². The summed E-state index contributed by atoms with van der Waals surface area (Å²) in [5, 5.41) is 11.5. The molecule has 0 aliphatic heterocycles. The van der Waals surface area contributed by atoms with Gasteiger partial charge in [0.25, 0.3) is 5.91 Å². The molecule has 1 unspecified atom stereocenters. The van der Waals surface area contributed by atoms with Crippen molar-refractivity contribution in [3.05, 3.63) is 23.8 Å². The lowest BCUT2D eigenvalue weighted by atomic mass is 10.1. The Kier molecular flexibility index (Phi) is 5.13. The number of benzene rings is 1. The average molecular weight is 267 g/mol. The van der Waals surface area contributed by atoms with Gasteiger partial charge in [-0.2, -0.15) is 0 Å². The van der Waals surface area contributed by atoms with Gasteiger partial charge in [0.05, 0.1) is 18.8 Å². The number of nitrogen functional groups attached to an aromatic ring is 1. The Morgan fingerprint density at radius 1 is 1.47 bits per heavy atom. The summed E-state index contributed by atoms with van der Waals surface area (Å²) < 4.78 is 5.24. The van der Waals surface area contributed by atoms with Crippen LogP contribution >= 0.6 is 0 Å². The van der Waals surface area contributed by atoms with Gasteiger partial charge in [-0.15, -0.1) is 0 Å². The number of nitrogens with one attached hydrogen (secondary N) is 1. The molecule has 7 nitrogen and oxygen atoms in total. The molecule has 104 valence electrons. The number of ether oxygens (including phenoxy) is 1. The molecule has 0 saturated carbocycles. The van der Waals surface area contributed by atoms with Crippen LogP contribution in [-0.4, -0.2) is 36.2 Å². The Morgan fingerprint density at radius 3 is 2.68 bits per heavy atom. The zero-order valence-corrected chi connectivity index (χ0v) is 10.6. The van der Waals surface area contributed by atoms with Crippen LogP contribution in [0.3, 0.4) is 0 Å². The van der Waals surface area contributed by atoms with Crippen LogP contribution in [-0.2, 0) is 4.79 Å². The van der Waals surface area contributed by atoms with E-state index in [1.807, 2.05) is 6.92 Å². The van der Waals surface area contributed by atoms with Gasteiger partial charge in [0, 0.05) is 5.56 Å². The minimum Gasteiger partial charge on any atom is -0.492 e. The fourth-order valence-corrected chi connectivity index (χ4v) is 1.37. The van der Waals surface area contributed by atoms with Crippen LogP contribution in [0.2, 0.25) is 0 Å². The molecule has 0 saturated heterocycles. The number of hydrogen-bond donors (Lipinski definition) is 4. The van der Waals surface area contributed by atoms with Gasteiger partial charge in [0.2, 0.25) is 5.91 Å². The van der Waals surface area contributed by atoms with Crippen molar-refractivity contribution in [1.29, 1.82) is 0 Å². The molecule has 1 rings (SSSR count). The van der Waals surface area contributed by atoms with Gasteiger partial charge in [0.1, 0.15) is 11.9 Å². The second-order valence-electron chi connectivity index (χ2n) is 3.81. The molecule has 0 spiro atoms. The number of primary amides is 1. The summed E-state index contributed by atoms with van der Waals surface area (Å²) in [7, 11) is 0. The molecule has 1 aromatic carbocycles. The van der Waals surface area contributed by atoms with Gasteiger partial charge in [-0.25, -0.2) is 0 Å². The van der Waals surface area contributed by atoms with Crippen LogP contribution in [0.1, 0.15) is 17.3 Å². The van der Waals surface area contributed by atoms with E-state index in [4.69, 9.17) is 21.3 Å². The summed E-state index contributed by atoms with van der Waals surface area (Å²) in [6.45, 7) is 2.05. The Hall–Kier alpha value is -2.28. The molecular formula is C12H17N3O4. The van der Waals surface area contributed by atoms with E-state index in [2.05, 4.69) is 5.32 Å². The molecule has 1 atom stereocenters. The molecule has 1 aromatic rings. The van der Waals surface area contributed by atoms with Gasteiger partial charge in [-0.3, -0.25) is 9.59 Å². The summed E-state index contributed by atoms with van der Waals surface area (Å²) in [5.74, 6) is -0.863. The van der Waals surface area contributed by atoms with Crippen LogP contribution in [0.15, 0.2) is 18.2 Å². The van der Waals surface area contributed by atoms with E-state index in [1.165, 1.54) is 12.1 Å².